The van der Waals surface area contributed by atoms with Gasteiger partial charge in [-0.25, -0.2) is 0 Å². The first-order valence-corrected chi connectivity index (χ1v) is 8.00. The predicted molar refractivity (Wildman–Crippen MR) is 95.0 cm³/mol. The van der Waals surface area contributed by atoms with Gasteiger partial charge in [0.25, 0.3) is 0 Å². The molecular weight excluding hydrogens is 362 g/mol. The standard InChI is InChI=1S/C16H10Cl4N2/c17-12-5-1-10(2-6-12)14-15(19)22-21-9-16(14,20)11-3-7-13(18)8-4-11/h1-9,14H. The quantitative estimate of drug-likeness (QED) is 0.591. The van der Waals surface area contributed by atoms with E-state index in [0.717, 1.165) is 11.1 Å². The van der Waals surface area contributed by atoms with E-state index >= 15 is 0 Å². The number of benzene rings is 2. The highest BCUT2D eigenvalue weighted by Crippen LogP contribution is 2.45. The molecule has 0 N–H and O–H groups in total. The molecule has 0 aliphatic carbocycles. The van der Waals surface area contributed by atoms with Gasteiger partial charge in [0.05, 0.1) is 12.1 Å². The van der Waals surface area contributed by atoms with Crippen LogP contribution in [-0.4, -0.2) is 11.4 Å². The summed E-state index contributed by atoms with van der Waals surface area (Å²) in [6.07, 6.45) is 1.60. The molecule has 0 fully saturated rings. The zero-order chi connectivity index (χ0) is 15.7. The Balaban J connectivity index is 2.11. The van der Waals surface area contributed by atoms with Gasteiger partial charge in [-0.05, 0) is 35.4 Å². The molecule has 0 bridgehead atoms. The smallest absolute Gasteiger partial charge is 0.138 e. The van der Waals surface area contributed by atoms with E-state index in [1.807, 2.05) is 24.3 Å². The third-order valence-electron chi connectivity index (χ3n) is 3.55. The summed E-state index contributed by atoms with van der Waals surface area (Å²) in [5, 5.41) is 9.51. The lowest BCUT2D eigenvalue weighted by atomic mass is 9.81. The van der Waals surface area contributed by atoms with E-state index in [1.54, 1.807) is 30.5 Å². The first-order valence-electron chi connectivity index (χ1n) is 6.49. The second-order valence-corrected chi connectivity index (χ2v) is 6.81. The van der Waals surface area contributed by atoms with Crippen molar-refractivity contribution in [1.82, 2.24) is 0 Å². The van der Waals surface area contributed by atoms with Crippen molar-refractivity contribution >= 4 is 57.8 Å². The van der Waals surface area contributed by atoms with Gasteiger partial charge in [0.15, 0.2) is 0 Å². The van der Waals surface area contributed by atoms with Crippen LogP contribution in [0.5, 0.6) is 0 Å². The van der Waals surface area contributed by atoms with Crippen LogP contribution in [0.2, 0.25) is 10.0 Å². The molecule has 2 atom stereocenters. The molecule has 0 aromatic heterocycles. The minimum atomic E-state index is -0.933. The molecule has 2 unspecified atom stereocenters. The van der Waals surface area contributed by atoms with Crippen LogP contribution < -0.4 is 0 Å². The number of rotatable bonds is 2. The van der Waals surface area contributed by atoms with E-state index in [4.69, 9.17) is 46.4 Å². The fourth-order valence-electron chi connectivity index (χ4n) is 2.46. The molecule has 2 aromatic carbocycles. The molecule has 1 aliphatic rings. The number of halogens is 4. The summed E-state index contributed by atoms with van der Waals surface area (Å²) in [4.78, 5) is -0.933. The van der Waals surface area contributed by atoms with Gasteiger partial charge < -0.3 is 0 Å². The SMILES string of the molecule is ClC1=NN=CC(Cl)(c2ccc(Cl)cc2)C1c1ccc(Cl)cc1. The molecule has 2 aromatic rings. The van der Waals surface area contributed by atoms with Crippen molar-refractivity contribution in [2.24, 2.45) is 10.2 Å². The van der Waals surface area contributed by atoms with Crippen molar-refractivity contribution in [3.63, 3.8) is 0 Å². The molecular formula is C16H10Cl4N2. The number of hydrogen-bond donors (Lipinski definition) is 0. The van der Waals surface area contributed by atoms with Gasteiger partial charge in [0, 0.05) is 10.0 Å². The summed E-state index contributed by atoms with van der Waals surface area (Å²) >= 11 is 25.1. The molecule has 0 amide bonds. The van der Waals surface area contributed by atoms with Crippen LogP contribution in [0.4, 0.5) is 0 Å². The highest BCUT2D eigenvalue weighted by Gasteiger charge is 2.43. The second-order valence-electron chi connectivity index (χ2n) is 4.93. The third-order valence-corrected chi connectivity index (χ3v) is 4.88. The molecule has 1 aliphatic heterocycles. The van der Waals surface area contributed by atoms with E-state index in [2.05, 4.69) is 10.2 Å². The summed E-state index contributed by atoms with van der Waals surface area (Å²) < 4.78 is 0. The molecule has 0 saturated carbocycles. The Bertz CT molecular complexity index is 738. The van der Waals surface area contributed by atoms with Gasteiger partial charge in [0.2, 0.25) is 0 Å². The molecule has 0 spiro atoms. The normalized spacial score (nSPS) is 24.2. The lowest BCUT2D eigenvalue weighted by molar-refractivity contribution is 0.734. The van der Waals surface area contributed by atoms with Crippen LogP contribution in [0.25, 0.3) is 0 Å². The van der Waals surface area contributed by atoms with Crippen molar-refractivity contribution in [2.45, 2.75) is 10.8 Å². The van der Waals surface area contributed by atoms with Gasteiger partial charge in [-0.2, -0.15) is 5.10 Å². The fraction of sp³-hybridized carbons (Fsp3) is 0.125. The van der Waals surface area contributed by atoms with Crippen molar-refractivity contribution < 1.29 is 0 Å². The second kappa shape index (κ2) is 6.21. The van der Waals surface area contributed by atoms with Crippen molar-refractivity contribution in [1.29, 1.82) is 0 Å². The molecule has 2 nitrogen and oxygen atoms in total. The van der Waals surface area contributed by atoms with Crippen LogP contribution in [0.15, 0.2) is 58.7 Å². The summed E-state index contributed by atoms with van der Waals surface area (Å²) in [5.74, 6) is -0.355. The first-order chi connectivity index (χ1) is 10.5. The number of hydrogen-bond acceptors (Lipinski definition) is 2. The largest absolute Gasteiger partial charge is 0.160 e. The average Bonchev–Trinajstić information content (AvgIpc) is 2.49. The van der Waals surface area contributed by atoms with Crippen LogP contribution >= 0.6 is 46.4 Å². The Kier molecular flexibility index (Phi) is 4.47. The van der Waals surface area contributed by atoms with Gasteiger partial charge >= 0.3 is 0 Å². The maximum absolute atomic E-state index is 6.90. The average molecular weight is 372 g/mol. The van der Waals surface area contributed by atoms with Gasteiger partial charge in [-0.1, -0.05) is 59.1 Å². The van der Waals surface area contributed by atoms with Crippen LogP contribution in [0, 0.1) is 0 Å². The van der Waals surface area contributed by atoms with Crippen LogP contribution in [-0.2, 0) is 4.87 Å². The maximum Gasteiger partial charge on any atom is 0.138 e. The molecule has 0 saturated heterocycles. The summed E-state index contributed by atoms with van der Waals surface area (Å²) in [7, 11) is 0. The molecule has 112 valence electrons. The minimum Gasteiger partial charge on any atom is -0.160 e. The zero-order valence-corrected chi connectivity index (χ0v) is 14.2. The third kappa shape index (κ3) is 2.89. The summed E-state index contributed by atoms with van der Waals surface area (Å²) in [6.45, 7) is 0. The minimum absolute atomic E-state index is 0.328. The highest BCUT2D eigenvalue weighted by molar-refractivity contribution is 6.68. The first kappa shape index (κ1) is 15.8. The van der Waals surface area contributed by atoms with Crippen LogP contribution in [0.1, 0.15) is 17.0 Å². The lowest BCUT2D eigenvalue weighted by Gasteiger charge is -2.33. The fourth-order valence-corrected chi connectivity index (χ4v) is 3.50. The zero-order valence-electron chi connectivity index (χ0n) is 11.2. The predicted octanol–water partition coefficient (Wildman–Crippen LogP) is 5.85. The summed E-state index contributed by atoms with van der Waals surface area (Å²) in [6, 6.07) is 14.7. The Morgan fingerprint density at radius 2 is 1.36 bits per heavy atom. The van der Waals surface area contributed by atoms with Crippen molar-refractivity contribution in [3.05, 3.63) is 69.7 Å². The molecule has 6 heteroatoms. The van der Waals surface area contributed by atoms with Gasteiger partial charge in [0.1, 0.15) is 10.0 Å². The van der Waals surface area contributed by atoms with Crippen molar-refractivity contribution in [2.75, 3.05) is 0 Å². The van der Waals surface area contributed by atoms with Gasteiger partial charge in [-0.3, -0.25) is 0 Å². The molecule has 1 heterocycles. The number of nitrogens with zero attached hydrogens (tertiary/aromatic N) is 2. The number of alkyl halides is 1. The topological polar surface area (TPSA) is 24.7 Å². The van der Waals surface area contributed by atoms with Crippen LogP contribution in [0.3, 0.4) is 0 Å². The Morgan fingerprint density at radius 3 is 1.95 bits per heavy atom. The summed E-state index contributed by atoms with van der Waals surface area (Å²) in [5.41, 5.74) is 1.75. The Morgan fingerprint density at radius 1 is 0.818 bits per heavy atom. The van der Waals surface area contributed by atoms with E-state index < -0.39 is 4.87 Å². The molecule has 0 radical (unpaired) electrons. The lowest BCUT2D eigenvalue weighted by Crippen LogP contribution is -2.35. The Labute approximate surface area is 148 Å². The van der Waals surface area contributed by atoms with Crippen molar-refractivity contribution in [3.8, 4) is 0 Å². The molecule has 22 heavy (non-hydrogen) atoms. The molecule has 3 rings (SSSR count). The maximum atomic E-state index is 6.90. The Hall–Kier alpha value is -1.06. The van der Waals surface area contributed by atoms with E-state index in [1.165, 1.54) is 0 Å². The van der Waals surface area contributed by atoms with E-state index in [0.29, 0.717) is 15.2 Å². The highest BCUT2D eigenvalue weighted by atomic mass is 35.5. The van der Waals surface area contributed by atoms with E-state index in [9.17, 15) is 0 Å². The van der Waals surface area contributed by atoms with E-state index in [-0.39, 0.29) is 5.92 Å². The monoisotopic (exact) mass is 370 g/mol. The van der Waals surface area contributed by atoms with Gasteiger partial charge in [-0.15, -0.1) is 16.7 Å².